The van der Waals surface area contributed by atoms with Crippen LogP contribution in [-0.2, 0) is 9.32 Å². The summed E-state index contributed by atoms with van der Waals surface area (Å²) in [7, 11) is -0.573. The van der Waals surface area contributed by atoms with E-state index >= 15 is 0 Å². The maximum absolute atomic E-state index is 11.8. The number of thioether (sulfide) groups is 1. The summed E-state index contributed by atoms with van der Waals surface area (Å²) in [5.41, 5.74) is -0.260. The van der Waals surface area contributed by atoms with Crippen molar-refractivity contribution in [3.8, 4) is 0 Å². The lowest BCUT2D eigenvalue weighted by molar-refractivity contribution is -0.117. The fourth-order valence-electron chi connectivity index (χ4n) is 1.83. The van der Waals surface area contributed by atoms with Gasteiger partial charge in [-0.15, -0.1) is 0 Å². The van der Waals surface area contributed by atoms with E-state index in [1.807, 2.05) is 20.8 Å². The molecule has 0 aromatic heterocycles. The van der Waals surface area contributed by atoms with Gasteiger partial charge < -0.3 is 4.52 Å². The van der Waals surface area contributed by atoms with Crippen LogP contribution in [0, 0.1) is 5.41 Å². The van der Waals surface area contributed by atoms with Crippen molar-refractivity contribution in [1.29, 1.82) is 0 Å². The van der Waals surface area contributed by atoms with E-state index in [0.717, 1.165) is 5.75 Å². The minimum Gasteiger partial charge on any atom is -0.343 e. The Morgan fingerprint density at radius 3 is 2.05 bits per heavy atom. The lowest BCUT2D eigenvalue weighted by Crippen LogP contribution is -2.32. The summed E-state index contributed by atoms with van der Waals surface area (Å²) in [5.74, 6) is 0.743. The average molecular weight is 307 g/mol. The largest absolute Gasteiger partial charge is 0.343 e. The van der Waals surface area contributed by atoms with Crippen LogP contribution < -0.4 is 0 Å². The Labute approximate surface area is 124 Å². The Morgan fingerprint density at radius 1 is 1.21 bits per heavy atom. The monoisotopic (exact) mass is 307 g/mol. The van der Waals surface area contributed by atoms with Crippen molar-refractivity contribution in [2.75, 3.05) is 19.0 Å². The van der Waals surface area contributed by atoms with E-state index in [0.29, 0.717) is 18.7 Å². The predicted molar refractivity (Wildman–Crippen MR) is 87.8 cm³/mol. The molecule has 114 valence electrons. The van der Waals surface area contributed by atoms with Crippen LogP contribution in [0.5, 0.6) is 0 Å². The molecule has 1 atom stereocenters. The topological polar surface area (TPSA) is 29.5 Å². The Morgan fingerprint density at radius 2 is 1.68 bits per heavy atom. The fraction of sp³-hybridized carbons (Fsp3) is 0.929. The second-order valence-electron chi connectivity index (χ2n) is 6.25. The summed E-state index contributed by atoms with van der Waals surface area (Å²) < 4.78 is 8.30. The Balaban J connectivity index is 4.04. The summed E-state index contributed by atoms with van der Waals surface area (Å²) in [6, 6.07) is 0.972. The minimum atomic E-state index is -0.573. The van der Waals surface area contributed by atoms with Crippen molar-refractivity contribution in [3.63, 3.8) is 0 Å². The van der Waals surface area contributed by atoms with E-state index in [1.165, 1.54) is 11.8 Å². The zero-order valence-electron chi connectivity index (χ0n) is 13.7. The van der Waals surface area contributed by atoms with Crippen LogP contribution in [0.1, 0.15) is 48.5 Å². The summed E-state index contributed by atoms with van der Waals surface area (Å²) >= 11 is 1.38. The molecular formula is C14H30NO2PS. The summed E-state index contributed by atoms with van der Waals surface area (Å²) in [6.07, 6.45) is 0. The number of rotatable bonds is 7. The third kappa shape index (κ3) is 7.65. The molecule has 5 heteroatoms. The van der Waals surface area contributed by atoms with Gasteiger partial charge in [0.2, 0.25) is 0 Å². The van der Waals surface area contributed by atoms with Crippen molar-refractivity contribution in [2.45, 2.75) is 60.5 Å². The Hall–Kier alpha value is 0.370. The van der Waals surface area contributed by atoms with Gasteiger partial charge in [-0.05, 0) is 34.4 Å². The van der Waals surface area contributed by atoms with Crippen molar-refractivity contribution < 1.29 is 9.32 Å². The fourth-order valence-corrected chi connectivity index (χ4v) is 4.53. The van der Waals surface area contributed by atoms with Gasteiger partial charge in [0.05, 0.1) is 6.61 Å². The van der Waals surface area contributed by atoms with Gasteiger partial charge in [0.15, 0.2) is 5.12 Å². The summed E-state index contributed by atoms with van der Waals surface area (Å²) in [5, 5.41) is 0.237. The van der Waals surface area contributed by atoms with Crippen molar-refractivity contribution in [3.05, 3.63) is 0 Å². The van der Waals surface area contributed by atoms with Crippen LogP contribution >= 0.6 is 20.1 Å². The molecule has 19 heavy (non-hydrogen) atoms. The highest BCUT2D eigenvalue weighted by molar-refractivity contribution is 8.13. The number of nitrogens with zero attached hydrogens (tertiary/aromatic N) is 1. The average Bonchev–Trinajstić information content (AvgIpc) is 2.21. The normalized spacial score (nSPS) is 14.5. The Bertz CT molecular complexity index is 269. The van der Waals surface area contributed by atoms with Gasteiger partial charge in [-0.2, -0.15) is 0 Å². The van der Waals surface area contributed by atoms with Crippen LogP contribution in [0.2, 0.25) is 0 Å². The molecule has 0 spiro atoms. The highest BCUT2D eigenvalue weighted by Gasteiger charge is 2.23. The quantitative estimate of drug-likeness (QED) is 0.516. The standard InChI is InChI=1S/C14H30NO2PS/c1-11(2)15(12(3)4)18(8)17-9-10-19-13(16)14(5,6)7/h11-12H,9-10H2,1-8H3. The molecule has 0 saturated heterocycles. The second-order valence-corrected chi connectivity index (χ2v) is 8.97. The van der Waals surface area contributed by atoms with Crippen molar-refractivity contribution in [1.82, 2.24) is 4.67 Å². The number of hydrogen-bond acceptors (Lipinski definition) is 4. The molecular weight excluding hydrogens is 277 g/mol. The van der Waals surface area contributed by atoms with E-state index < -0.39 is 8.30 Å². The zero-order valence-corrected chi connectivity index (χ0v) is 15.4. The van der Waals surface area contributed by atoms with Gasteiger partial charge in [-0.25, -0.2) is 0 Å². The van der Waals surface area contributed by atoms with Gasteiger partial charge in [-0.1, -0.05) is 32.5 Å². The Kier molecular flexibility index (Phi) is 8.78. The third-order valence-corrected chi connectivity index (χ3v) is 5.97. The molecule has 0 aromatic rings. The van der Waals surface area contributed by atoms with Gasteiger partial charge in [0.1, 0.15) is 8.30 Å². The molecule has 0 bridgehead atoms. The van der Waals surface area contributed by atoms with Crippen LogP contribution in [0.3, 0.4) is 0 Å². The predicted octanol–water partition coefficient (Wildman–Crippen LogP) is 4.37. The van der Waals surface area contributed by atoms with E-state index in [4.69, 9.17) is 4.52 Å². The smallest absolute Gasteiger partial charge is 0.194 e. The molecule has 0 aliphatic heterocycles. The SMILES string of the molecule is CC(C)N(C(C)C)P(C)OCCSC(=O)C(C)(C)C. The van der Waals surface area contributed by atoms with Gasteiger partial charge in [-0.3, -0.25) is 9.46 Å². The molecule has 0 N–H and O–H groups in total. The zero-order chi connectivity index (χ0) is 15.2. The molecule has 0 heterocycles. The molecule has 0 saturated carbocycles. The van der Waals surface area contributed by atoms with E-state index in [2.05, 4.69) is 39.0 Å². The third-order valence-electron chi connectivity index (χ3n) is 2.59. The first-order valence-electron chi connectivity index (χ1n) is 6.89. The highest BCUT2D eigenvalue weighted by Crippen LogP contribution is 2.41. The second kappa shape index (κ2) is 8.61. The number of carbonyl (C=O) groups is 1. The highest BCUT2D eigenvalue weighted by atomic mass is 32.2. The van der Waals surface area contributed by atoms with Crippen LogP contribution in [0.15, 0.2) is 0 Å². The first-order valence-corrected chi connectivity index (χ1v) is 9.54. The van der Waals surface area contributed by atoms with E-state index in [9.17, 15) is 4.79 Å². The van der Waals surface area contributed by atoms with Gasteiger partial charge in [0.25, 0.3) is 0 Å². The first-order chi connectivity index (χ1) is 8.57. The minimum absolute atomic E-state index is 0.237. The number of carbonyl (C=O) groups excluding carboxylic acids is 1. The lowest BCUT2D eigenvalue weighted by Gasteiger charge is -2.35. The molecule has 0 amide bonds. The molecule has 0 aliphatic carbocycles. The summed E-state index contributed by atoms with van der Waals surface area (Å²) in [4.78, 5) is 11.8. The van der Waals surface area contributed by atoms with E-state index in [-0.39, 0.29) is 10.5 Å². The maximum Gasteiger partial charge on any atom is 0.194 e. The summed E-state index contributed by atoms with van der Waals surface area (Å²) in [6.45, 7) is 17.4. The van der Waals surface area contributed by atoms with Crippen LogP contribution in [0.25, 0.3) is 0 Å². The first kappa shape index (κ1) is 19.4. The molecule has 0 fully saturated rings. The molecule has 0 rings (SSSR count). The van der Waals surface area contributed by atoms with E-state index in [1.54, 1.807) is 0 Å². The molecule has 0 radical (unpaired) electrons. The molecule has 0 aromatic carbocycles. The van der Waals surface area contributed by atoms with Crippen molar-refractivity contribution in [2.24, 2.45) is 5.41 Å². The van der Waals surface area contributed by atoms with Crippen LogP contribution in [0.4, 0.5) is 0 Å². The van der Waals surface area contributed by atoms with Crippen molar-refractivity contribution >= 4 is 25.2 Å². The maximum atomic E-state index is 11.8. The number of hydrogen-bond donors (Lipinski definition) is 0. The molecule has 1 unspecified atom stereocenters. The van der Waals surface area contributed by atoms with Crippen LogP contribution in [-0.4, -0.2) is 40.9 Å². The van der Waals surface area contributed by atoms with Gasteiger partial charge in [0, 0.05) is 23.3 Å². The lowest BCUT2D eigenvalue weighted by atomic mass is 10.00. The molecule has 0 aliphatic rings. The van der Waals surface area contributed by atoms with Gasteiger partial charge >= 0.3 is 0 Å². The molecule has 3 nitrogen and oxygen atoms in total.